The van der Waals surface area contributed by atoms with Crippen LogP contribution in [0.15, 0.2) is 24.3 Å². The highest BCUT2D eigenvalue weighted by Gasteiger charge is 2.24. The summed E-state index contributed by atoms with van der Waals surface area (Å²) in [5.41, 5.74) is 0.708. The Bertz CT molecular complexity index is 464. The molecule has 0 aromatic heterocycles. The highest BCUT2D eigenvalue weighted by Crippen LogP contribution is 2.19. The monoisotopic (exact) mass is 299 g/mol. The lowest BCUT2D eigenvalue weighted by Crippen LogP contribution is -2.45. The standard InChI is InChI=1S/C15H19F2NO3/c16-15(17)21-11-7-5-10(6-8-11)9-14(20)18-12-3-1-2-4-13(12)19/h5-8,12-13,15,19H,1-4,9H2,(H,18,20)/t12-,13-/m0/s1. The number of ether oxygens (including phenoxy) is 1. The van der Waals surface area contributed by atoms with Gasteiger partial charge in [0.05, 0.1) is 18.6 Å². The van der Waals surface area contributed by atoms with Crippen LogP contribution >= 0.6 is 0 Å². The number of nitrogens with one attached hydrogen (secondary N) is 1. The third-order valence-corrected chi connectivity index (χ3v) is 3.59. The molecule has 1 aliphatic carbocycles. The Hall–Kier alpha value is -1.69. The molecule has 1 saturated carbocycles. The van der Waals surface area contributed by atoms with Crippen LogP contribution < -0.4 is 10.1 Å². The van der Waals surface area contributed by atoms with E-state index in [2.05, 4.69) is 10.1 Å². The van der Waals surface area contributed by atoms with Crippen LogP contribution in [-0.4, -0.2) is 29.8 Å². The maximum Gasteiger partial charge on any atom is 0.387 e. The largest absolute Gasteiger partial charge is 0.435 e. The second-order valence-corrected chi connectivity index (χ2v) is 5.23. The number of carbonyl (C=O) groups is 1. The molecule has 21 heavy (non-hydrogen) atoms. The molecule has 4 nitrogen and oxygen atoms in total. The van der Waals surface area contributed by atoms with E-state index in [9.17, 15) is 18.7 Å². The summed E-state index contributed by atoms with van der Waals surface area (Å²) in [5, 5.41) is 12.6. The van der Waals surface area contributed by atoms with E-state index in [0.717, 1.165) is 19.3 Å². The van der Waals surface area contributed by atoms with Gasteiger partial charge in [-0.3, -0.25) is 4.79 Å². The van der Waals surface area contributed by atoms with Gasteiger partial charge in [-0.2, -0.15) is 8.78 Å². The molecule has 2 atom stereocenters. The zero-order valence-corrected chi connectivity index (χ0v) is 11.6. The van der Waals surface area contributed by atoms with Gasteiger partial charge in [0.15, 0.2) is 0 Å². The van der Waals surface area contributed by atoms with Gasteiger partial charge in [-0.05, 0) is 30.5 Å². The molecule has 1 aromatic rings. The van der Waals surface area contributed by atoms with Crippen molar-refractivity contribution < 1.29 is 23.4 Å². The number of alkyl halides is 2. The van der Waals surface area contributed by atoms with Gasteiger partial charge in [0.25, 0.3) is 0 Å². The topological polar surface area (TPSA) is 58.6 Å². The molecule has 2 rings (SSSR count). The molecular weight excluding hydrogens is 280 g/mol. The summed E-state index contributed by atoms with van der Waals surface area (Å²) in [7, 11) is 0. The van der Waals surface area contributed by atoms with Gasteiger partial charge in [0, 0.05) is 0 Å². The predicted molar refractivity (Wildman–Crippen MR) is 73.2 cm³/mol. The second-order valence-electron chi connectivity index (χ2n) is 5.23. The Morgan fingerprint density at radius 3 is 2.57 bits per heavy atom. The first-order valence-corrected chi connectivity index (χ1v) is 7.06. The van der Waals surface area contributed by atoms with Gasteiger partial charge >= 0.3 is 6.61 Å². The molecule has 1 aliphatic rings. The smallest absolute Gasteiger partial charge is 0.387 e. The van der Waals surface area contributed by atoms with Crippen molar-refractivity contribution in [2.24, 2.45) is 0 Å². The highest BCUT2D eigenvalue weighted by molar-refractivity contribution is 5.79. The number of hydrogen-bond acceptors (Lipinski definition) is 3. The molecule has 1 fully saturated rings. The number of aliphatic hydroxyl groups excluding tert-OH is 1. The molecule has 0 unspecified atom stereocenters. The van der Waals surface area contributed by atoms with E-state index in [1.165, 1.54) is 12.1 Å². The van der Waals surface area contributed by atoms with Gasteiger partial charge in [0.1, 0.15) is 5.75 Å². The average Bonchev–Trinajstić information content (AvgIpc) is 2.43. The molecule has 0 spiro atoms. The molecular formula is C15H19F2NO3. The van der Waals surface area contributed by atoms with E-state index >= 15 is 0 Å². The molecule has 0 saturated heterocycles. The quantitative estimate of drug-likeness (QED) is 0.876. The van der Waals surface area contributed by atoms with Crippen molar-refractivity contribution in [3.63, 3.8) is 0 Å². The number of halogens is 2. The summed E-state index contributed by atoms with van der Waals surface area (Å²) in [6, 6.07) is 5.78. The van der Waals surface area contributed by atoms with Crippen molar-refractivity contribution in [1.29, 1.82) is 0 Å². The molecule has 0 heterocycles. The van der Waals surface area contributed by atoms with Crippen LogP contribution in [0.2, 0.25) is 0 Å². The summed E-state index contributed by atoms with van der Waals surface area (Å²) < 4.78 is 28.3. The summed E-state index contributed by atoms with van der Waals surface area (Å²) in [6.45, 7) is -2.85. The highest BCUT2D eigenvalue weighted by atomic mass is 19.3. The first-order valence-electron chi connectivity index (χ1n) is 7.06. The van der Waals surface area contributed by atoms with Gasteiger partial charge in [0.2, 0.25) is 5.91 Å². The Kier molecular flexibility index (Phi) is 5.50. The van der Waals surface area contributed by atoms with Gasteiger partial charge in [-0.25, -0.2) is 0 Å². The van der Waals surface area contributed by atoms with Crippen molar-refractivity contribution in [3.8, 4) is 5.75 Å². The van der Waals surface area contributed by atoms with Crippen LogP contribution in [-0.2, 0) is 11.2 Å². The van der Waals surface area contributed by atoms with Crippen molar-refractivity contribution in [1.82, 2.24) is 5.32 Å². The van der Waals surface area contributed by atoms with Gasteiger partial charge in [-0.1, -0.05) is 25.0 Å². The molecule has 1 aromatic carbocycles. The lowest BCUT2D eigenvalue weighted by atomic mass is 9.92. The van der Waals surface area contributed by atoms with Gasteiger partial charge < -0.3 is 15.2 Å². The Labute approximate surface area is 122 Å². The van der Waals surface area contributed by atoms with Crippen molar-refractivity contribution in [2.75, 3.05) is 0 Å². The number of amides is 1. The van der Waals surface area contributed by atoms with Crippen LogP contribution in [0.5, 0.6) is 5.75 Å². The minimum atomic E-state index is -2.85. The van der Waals surface area contributed by atoms with E-state index in [1.807, 2.05) is 0 Å². The van der Waals surface area contributed by atoms with Crippen LogP contribution in [0.3, 0.4) is 0 Å². The fourth-order valence-corrected chi connectivity index (χ4v) is 2.51. The van der Waals surface area contributed by atoms with E-state index in [4.69, 9.17) is 0 Å². The maximum atomic E-state index is 12.0. The zero-order chi connectivity index (χ0) is 15.2. The fraction of sp³-hybridized carbons (Fsp3) is 0.533. The van der Waals surface area contributed by atoms with Crippen molar-refractivity contribution in [3.05, 3.63) is 29.8 Å². The summed E-state index contributed by atoms with van der Waals surface area (Å²) in [5.74, 6) is -0.111. The van der Waals surface area contributed by atoms with E-state index < -0.39 is 12.7 Å². The zero-order valence-electron chi connectivity index (χ0n) is 11.6. The molecule has 0 aliphatic heterocycles. The predicted octanol–water partition coefficient (Wildman–Crippen LogP) is 2.25. The third-order valence-electron chi connectivity index (χ3n) is 3.59. The average molecular weight is 299 g/mol. The minimum Gasteiger partial charge on any atom is -0.435 e. The van der Waals surface area contributed by atoms with Crippen molar-refractivity contribution >= 4 is 5.91 Å². The third kappa shape index (κ3) is 4.97. The number of benzene rings is 1. The minimum absolute atomic E-state index is 0.0665. The van der Waals surface area contributed by atoms with Crippen LogP contribution in [0.4, 0.5) is 8.78 Å². The number of rotatable bonds is 5. The number of hydrogen-bond donors (Lipinski definition) is 2. The molecule has 0 radical (unpaired) electrons. The Morgan fingerprint density at radius 1 is 1.29 bits per heavy atom. The molecule has 1 amide bonds. The lowest BCUT2D eigenvalue weighted by Gasteiger charge is -2.28. The van der Waals surface area contributed by atoms with E-state index in [1.54, 1.807) is 12.1 Å². The normalized spacial score (nSPS) is 22.1. The van der Waals surface area contributed by atoms with Crippen LogP contribution in [0.1, 0.15) is 31.2 Å². The van der Waals surface area contributed by atoms with Crippen molar-refractivity contribution in [2.45, 2.75) is 50.9 Å². The fourth-order valence-electron chi connectivity index (χ4n) is 2.51. The first-order chi connectivity index (χ1) is 10.0. The van der Waals surface area contributed by atoms with Gasteiger partial charge in [-0.15, -0.1) is 0 Å². The first kappa shape index (κ1) is 15.7. The summed E-state index contributed by atoms with van der Waals surface area (Å²) >= 11 is 0. The summed E-state index contributed by atoms with van der Waals surface area (Å²) in [4.78, 5) is 11.9. The Morgan fingerprint density at radius 2 is 1.95 bits per heavy atom. The van der Waals surface area contributed by atoms with Crippen LogP contribution in [0.25, 0.3) is 0 Å². The number of carbonyl (C=O) groups excluding carboxylic acids is 1. The summed E-state index contributed by atoms with van der Waals surface area (Å²) in [6.07, 6.45) is 3.15. The second kappa shape index (κ2) is 7.36. The SMILES string of the molecule is O=C(Cc1ccc(OC(F)F)cc1)N[C@H]1CCCC[C@@H]1O. The lowest BCUT2D eigenvalue weighted by molar-refractivity contribution is -0.122. The number of aliphatic hydroxyl groups is 1. The molecule has 2 N–H and O–H groups in total. The molecule has 116 valence electrons. The molecule has 6 heteroatoms. The maximum absolute atomic E-state index is 12.0. The van der Waals surface area contributed by atoms with E-state index in [-0.39, 0.29) is 24.1 Å². The van der Waals surface area contributed by atoms with E-state index in [0.29, 0.717) is 12.0 Å². The molecule has 0 bridgehead atoms. The Balaban J connectivity index is 1.84. The van der Waals surface area contributed by atoms with Crippen LogP contribution in [0, 0.1) is 0 Å².